The molecule has 0 radical (unpaired) electrons. The molecular formula is C21H18ClN3O2S. The van der Waals surface area contributed by atoms with Gasteiger partial charge in [-0.3, -0.25) is 9.20 Å². The summed E-state index contributed by atoms with van der Waals surface area (Å²) >= 11 is 7.67. The summed E-state index contributed by atoms with van der Waals surface area (Å²) in [6, 6.07) is 15.3. The van der Waals surface area contributed by atoms with Crippen LogP contribution in [-0.2, 0) is 0 Å². The smallest absolute Gasteiger partial charge is 0.264 e. The first-order chi connectivity index (χ1) is 13.6. The highest BCUT2D eigenvalue weighted by Crippen LogP contribution is 2.39. The predicted octanol–water partition coefficient (Wildman–Crippen LogP) is 5.22. The Labute approximate surface area is 171 Å². The lowest BCUT2D eigenvalue weighted by Crippen LogP contribution is -2.17. The second-order valence-electron chi connectivity index (χ2n) is 6.24. The van der Waals surface area contributed by atoms with Crippen LogP contribution in [0.15, 0.2) is 60.9 Å². The lowest BCUT2D eigenvalue weighted by molar-refractivity contribution is 0.0961. The molecule has 4 rings (SSSR count). The zero-order chi connectivity index (χ0) is 19.7. The third-order valence-corrected chi connectivity index (χ3v) is 5.93. The van der Waals surface area contributed by atoms with Gasteiger partial charge in [0.15, 0.2) is 0 Å². The molecule has 5 nitrogen and oxygen atoms in total. The second-order valence-corrected chi connectivity index (χ2v) is 7.70. The van der Waals surface area contributed by atoms with Crippen molar-refractivity contribution < 1.29 is 9.53 Å². The fourth-order valence-electron chi connectivity index (χ4n) is 3.03. The minimum Gasteiger partial charge on any atom is -0.484 e. The summed E-state index contributed by atoms with van der Waals surface area (Å²) in [5.41, 5.74) is 2.62. The van der Waals surface area contributed by atoms with Crippen LogP contribution in [0.3, 0.4) is 0 Å². The molecule has 1 N–H and O–H groups in total. The first kappa shape index (κ1) is 18.5. The van der Waals surface area contributed by atoms with Gasteiger partial charge in [-0.2, -0.15) is 0 Å². The van der Waals surface area contributed by atoms with E-state index in [0.717, 1.165) is 21.8 Å². The van der Waals surface area contributed by atoms with Crippen LogP contribution in [0.4, 0.5) is 0 Å². The fourth-order valence-corrected chi connectivity index (χ4v) is 4.37. The molecule has 0 aliphatic heterocycles. The van der Waals surface area contributed by atoms with E-state index in [1.807, 2.05) is 66.1 Å². The van der Waals surface area contributed by atoms with Gasteiger partial charge in [-0.25, -0.2) is 4.98 Å². The summed E-state index contributed by atoms with van der Waals surface area (Å²) in [5, 5.41) is 3.32. The largest absolute Gasteiger partial charge is 0.484 e. The number of aromatic nitrogens is 2. The molecule has 7 heteroatoms. The first-order valence-corrected chi connectivity index (χ1v) is 9.97. The Morgan fingerprint density at radius 2 is 2.04 bits per heavy atom. The molecule has 1 aromatic carbocycles. The minimum absolute atomic E-state index is 0.188. The number of fused-ring (bicyclic) bond motifs is 1. The van der Waals surface area contributed by atoms with E-state index in [9.17, 15) is 4.79 Å². The van der Waals surface area contributed by atoms with Crippen LogP contribution in [0.1, 0.15) is 28.3 Å². The van der Waals surface area contributed by atoms with E-state index < -0.39 is 0 Å². The van der Waals surface area contributed by atoms with Gasteiger partial charge in [-0.15, -0.1) is 11.3 Å². The van der Waals surface area contributed by atoms with Crippen LogP contribution in [0.25, 0.3) is 16.2 Å². The monoisotopic (exact) mass is 411 g/mol. The molecule has 4 aromatic rings. The van der Waals surface area contributed by atoms with E-state index in [0.29, 0.717) is 15.6 Å². The van der Waals surface area contributed by atoms with E-state index >= 15 is 0 Å². The Hall–Kier alpha value is -2.83. The maximum absolute atomic E-state index is 12.4. The molecule has 0 aliphatic rings. The van der Waals surface area contributed by atoms with Crippen LogP contribution in [-0.4, -0.2) is 22.3 Å². The van der Waals surface area contributed by atoms with Gasteiger partial charge in [0, 0.05) is 29.9 Å². The van der Waals surface area contributed by atoms with Crippen LogP contribution < -0.4 is 10.1 Å². The van der Waals surface area contributed by atoms with Crippen molar-refractivity contribution in [1.82, 2.24) is 14.7 Å². The topological polar surface area (TPSA) is 55.6 Å². The number of ether oxygens (including phenoxy) is 1. The van der Waals surface area contributed by atoms with Gasteiger partial charge in [-0.05, 0) is 25.1 Å². The third kappa shape index (κ3) is 3.37. The molecular weight excluding hydrogens is 394 g/mol. The quantitative estimate of drug-likeness (QED) is 0.490. The Morgan fingerprint density at radius 1 is 1.25 bits per heavy atom. The van der Waals surface area contributed by atoms with E-state index in [1.54, 1.807) is 13.2 Å². The number of thiophene rings is 1. The van der Waals surface area contributed by atoms with Crippen molar-refractivity contribution in [3.8, 4) is 16.3 Å². The number of imidazole rings is 1. The average molecular weight is 412 g/mol. The molecule has 1 unspecified atom stereocenters. The number of amides is 1. The molecule has 1 atom stereocenters. The van der Waals surface area contributed by atoms with E-state index in [1.165, 1.54) is 11.3 Å². The highest BCUT2D eigenvalue weighted by Gasteiger charge is 2.22. The molecule has 0 aliphatic carbocycles. The van der Waals surface area contributed by atoms with Gasteiger partial charge in [0.2, 0.25) is 0 Å². The Bertz CT molecular complexity index is 1150. The fraction of sp³-hybridized carbons (Fsp3) is 0.143. The van der Waals surface area contributed by atoms with Crippen LogP contribution in [0.5, 0.6) is 5.75 Å². The normalized spacial score (nSPS) is 12.1. The molecule has 142 valence electrons. The summed E-state index contributed by atoms with van der Waals surface area (Å²) in [6.45, 7) is 1.92. The van der Waals surface area contributed by atoms with Crippen molar-refractivity contribution in [2.75, 3.05) is 7.05 Å². The number of benzene rings is 1. The van der Waals surface area contributed by atoms with Gasteiger partial charge in [0.05, 0.1) is 16.8 Å². The highest BCUT2D eigenvalue weighted by molar-refractivity contribution is 7.17. The minimum atomic E-state index is -0.304. The summed E-state index contributed by atoms with van der Waals surface area (Å²) in [6.07, 6.45) is 3.45. The predicted molar refractivity (Wildman–Crippen MR) is 112 cm³/mol. The third-order valence-electron chi connectivity index (χ3n) is 4.45. The van der Waals surface area contributed by atoms with Crippen LogP contribution in [0.2, 0.25) is 5.02 Å². The maximum atomic E-state index is 12.4. The molecule has 1 amide bonds. The Kier molecular flexibility index (Phi) is 5.07. The highest BCUT2D eigenvalue weighted by atomic mass is 35.5. The zero-order valence-electron chi connectivity index (χ0n) is 15.3. The molecule has 0 bridgehead atoms. The Balaban J connectivity index is 1.74. The molecule has 0 spiro atoms. The van der Waals surface area contributed by atoms with Crippen molar-refractivity contribution in [1.29, 1.82) is 0 Å². The van der Waals surface area contributed by atoms with Gasteiger partial charge in [0.1, 0.15) is 22.4 Å². The summed E-state index contributed by atoms with van der Waals surface area (Å²) < 4.78 is 8.15. The lowest BCUT2D eigenvalue weighted by Gasteiger charge is -2.16. The summed E-state index contributed by atoms with van der Waals surface area (Å²) in [5.74, 6) is 0.337. The number of pyridine rings is 1. The summed E-state index contributed by atoms with van der Waals surface area (Å²) in [4.78, 5) is 18.3. The number of carbonyl (C=O) groups is 1. The van der Waals surface area contributed by atoms with Gasteiger partial charge in [0.25, 0.3) is 5.91 Å². The lowest BCUT2D eigenvalue weighted by atomic mass is 10.1. The molecule has 3 aromatic heterocycles. The number of hydrogen-bond donors (Lipinski definition) is 1. The number of halogens is 1. The number of carbonyl (C=O) groups excluding carboxylic acids is 1. The van der Waals surface area contributed by atoms with Crippen molar-refractivity contribution in [3.63, 3.8) is 0 Å². The van der Waals surface area contributed by atoms with E-state index in [-0.39, 0.29) is 12.0 Å². The van der Waals surface area contributed by atoms with E-state index in [4.69, 9.17) is 16.3 Å². The standard InChI is InChI=1S/C21H18ClN3O2S/c1-13(14-7-3-4-8-15(14)22)27-17-11-18(28-20(17)21(26)23-2)16-12-24-19-9-5-6-10-25(16)19/h3-13H,1-2H3,(H,23,26). The maximum Gasteiger partial charge on any atom is 0.264 e. The van der Waals surface area contributed by atoms with Gasteiger partial charge in [-0.1, -0.05) is 35.9 Å². The van der Waals surface area contributed by atoms with Gasteiger partial charge >= 0.3 is 0 Å². The Morgan fingerprint density at radius 3 is 2.82 bits per heavy atom. The zero-order valence-corrected chi connectivity index (χ0v) is 16.9. The average Bonchev–Trinajstić information content (AvgIpc) is 3.31. The molecule has 0 fully saturated rings. The van der Waals surface area contributed by atoms with Crippen LogP contribution >= 0.6 is 22.9 Å². The number of rotatable bonds is 5. The van der Waals surface area contributed by atoms with Crippen molar-refractivity contribution in [3.05, 3.63) is 76.4 Å². The van der Waals surface area contributed by atoms with Crippen LogP contribution in [0, 0.1) is 0 Å². The number of nitrogens with one attached hydrogen (secondary N) is 1. The van der Waals surface area contributed by atoms with Gasteiger partial charge < -0.3 is 10.1 Å². The SMILES string of the molecule is CNC(=O)c1sc(-c2cnc3ccccn23)cc1OC(C)c1ccccc1Cl. The second kappa shape index (κ2) is 7.66. The van der Waals surface area contributed by atoms with Crippen molar-refractivity contribution >= 4 is 34.5 Å². The molecule has 0 saturated carbocycles. The molecule has 28 heavy (non-hydrogen) atoms. The summed E-state index contributed by atoms with van der Waals surface area (Å²) in [7, 11) is 1.61. The number of hydrogen-bond acceptors (Lipinski definition) is 4. The first-order valence-electron chi connectivity index (χ1n) is 8.78. The molecule has 3 heterocycles. The van der Waals surface area contributed by atoms with Crippen molar-refractivity contribution in [2.45, 2.75) is 13.0 Å². The molecule has 0 saturated heterocycles. The van der Waals surface area contributed by atoms with Crippen molar-refractivity contribution in [2.24, 2.45) is 0 Å². The number of nitrogens with zero attached hydrogens (tertiary/aromatic N) is 2. The van der Waals surface area contributed by atoms with E-state index in [2.05, 4.69) is 10.3 Å².